The number of phenols is 1. The second-order valence-corrected chi connectivity index (χ2v) is 13.7. The highest BCUT2D eigenvalue weighted by atomic mass is 32.2. The SMILES string of the molecule is Cc1c(O)cccc1C(=O)N[C@@H](CSc1ccccc1)[C@@H](CN1C[C@H]2CCCC[C@H]2C[C@H]1C(=O)NC(C)(C)C)ON=O. The van der Waals surface area contributed by atoms with E-state index in [2.05, 4.69) is 20.9 Å². The van der Waals surface area contributed by atoms with E-state index in [9.17, 15) is 19.6 Å². The number of hydrogen-bond donors (Lipinski definition) is 3. The van der Waals surface area contributed by atoms with Crippen molar-refractivity contribution < 1.29 is 19.5 Å². The van der Waals surface area contributed by atoms with Gasteiger partial charge in [0.2, 0.25) is 5.91 Å². The summed E-state index contributed by atoms with van der Waals surface area (Å²) in [7, 11) is 0. The fourth-order valence-corrected chi connectivity index (χ4v) is 7.23. The third kappa shape index (κ3) is 8.47. The maximum atomic E-state index is 13.6. The summed E-state index contributed by atoms with van der Waals surface area (Å²) in [5.41, 5.74) is 0.427. The average Bonchev–Trinajstić information content (AvgIpc) is 2.95. The summed E-state index contributed by atoms with van der Waals surface area (Å²) < 4.78 is 0. The Balaban J connectivity index is 1.60. The number of rotatable bonds is 11. The van der Waals surface area contributed by atoms with E-state index < -0.39 is 12.1 Å². The van der Waals surface area contributed by atoms with E-state index in [4.69, 9.17) is 4.84 Å². The van der Waals surface area contributed by atoms with Crippen LogP contribution in [0.1, 0.15) is 68.8 Å². The van der Waals surface area contributed by atoms with Crippen molar-refractivity contribution in [3.63, 3.8) is 0 Å². The first kappa shape index (κ1) is 31.8. The maximum Gasteiger partial charge on any atom is 0.252 e. The van der Waals surface area contributed by atoms with Crippen LogP contribution in [0.5, 0.6) is 5.75 Å². The zero-order chi connectivity index (χ0) is 30.3. The van der Waals surface area contributed by atoms with Crippen molar-refractivity contribution in [2.24, 2.45) is 17.2 Å². The number of amides is 2. The normalized spacial score (nSPS) is 22.3. The van der Waals surface area contributed by atoms with Crippen molar-refractivity contribution >= 4 is 23.6 Å². The third-order valence-corrected chi connectivity index (χ3v) is 9.52. The van der Waals surface area contributed by atoms with Gasteiger partial charge in [0.15, 0.2) is 11.4 Å². The minimum atomic E-state index is -0.801. The summed E-state index contributed by atoms with van der Waals surface area (Å²) in [4.78, 5) is 47.3. The molecule has 1 aliphatic heterocycles. The molecule has 2 aromatic rings. The van der Waals surface area contributed by atoms with Gasteiger partial charge in [-0.3, -0.25) is 14.5 Å². The number of fused-ring (bicyclic) bond motifs is 1. The number of carbonyl (C=O) groups excluding carboxylic acids is 2. The number of aromatic hydroxyl groups is 1. The summed E-state index contributed by atoms with van der Waals surface area (Å²) in [6.07, 6.45) is 4.57. The number of nitrogens with one attached hydrogen (secondary N) is 2. The van der Waals surface area contributed by atoms with Gasteiger partial charge in [0.1, 0.15) is 5.75 Å². The molecule has 2 aliphatic rings. The molecule has 2 aromatic carbocycles. The Kier molecular flexibility index (Phi) is 10.9. The first-order chi connectivity index (χ1) is 20.1. The van der Waals surface area contributed by atoms with Crippen LogP contribution >= 0.6 is 11.8 Å². The number of carbonyl (C=O) groups is 2. The van der Waals surface area contributed by atoms with Crippen molar-refractivity contribution in [2.75, 3.05) is 18.8 Å². The first-order valence-corrected chi connectivity index (χ1v) is 15.9. The number of piperidine rings is 1. The quantitative estimate of drug-likeness (QED) is 0.179. The number of hydrogen-bond acceptors (Lipinski definition) is 8. The Hall–Kier alpha value is -3.11. The average molecular weight is 597 g/mol. The summed E-state index contributed by atoms with van der Waals surface area (Å²) in [6, 6.07) is 13.6. The van der Waals surface area contributed by atoms with E-state index in [1.54, 1.807) is 19.1 Å². The van der Waals surface area contributed by atoms with E-state index in [0.29, 0.717) is 28.7 Å². The molecule has 5 atom stereocenters. The van der Waals surface area contributed by atoms with Crippen LogP contribution in [0.2, 0.25) is 0 Å². The maximum absolute atomic E-state index is 13.6. The van der Waals surface area contributed by atoms with Gasteiger partial charge in [0, 0.05) is 40.4 Å². The molecule has 9 nitrogen and oxygen atoms in total. The lowest BCUT2D eigenvalue weighted by atomic mass is 9.72. The molecule has 1 saturated heterocycles. The summed E-state index contributed by atoms with van der Waals surface area (Å²) in [5.74, 6) is 1.000. The van der Waals surface area contributed by atoms with Crippen molar-refractivity contribution in [1.82, 2.24) is 15.5 Å². The second-order valence-electron chi connectivity index (χ2n) is 12.6. The molecular weight excluding hydrogens is 552 g/mol. The molecule has 0 unspecified atom stereocenters. The van der Waals surface area contributed by atoms with E-state index >= 15 is 0 Å². The Bertz CT molecular complexity index is 1220. The van der Waals surface area contributed by atoms with E-state index in [0.717, 1.165) is 30.7 Å². The highest BCUT2D eigenvalue weighted by molar-refractivity contribution is 7.99. The lowest BCUT2D eigenvalue weighted by molar-refractivity contribution is -0.133. The number of benzene rings is 2. The lowest BCUT2D eigenvalue weighted by Gasteiger charge is -2.47. The number of phenolic OH excluding ortho intramolecular Hbond substituents is 1. The molecule has 228 valence electrons. The first-order valence-electron chi connectivity index (χ1n) is 14.9. The van der Waals surface area contributed by atoms with Crippen molar-refractivity contribution in [1.29, 1.82) is 0 Å². The molecule has 1 aliphatic carbocycles. The van der Waals surface area contributed by atoms with Crippen LogP contribution < -0.4 is 10.6 Å². The predicted octanol–water partition coefficient (Wildman–Crippen LogP) is 5.45. The van der Waals surface area contributed by atoms with E-state index in [-0.39, 0.29) is 35.7 Å². The molecule has 2 fully saturated rings. The smallest absolute Gasteiger partial charge is 0.252 e. The Morgan fingerprint density at radius 1 is 1.10 bits per heavy atom. The number of likely N-dealkylation sites (tertiary alicyclic amines) is 1. The van der Waals surface area contributed by atoms with Gasteiger partial charge < -0.3 is 20.6 Å². The van der Waals surface area contributed by atoms with Crippen LogP contribution in [0, 0.1) is 23.7 Å². The molecule has 0 aromatic heterocycles. The molecule has 10 heteroatoms. The summed E-state index contributed by atoms with van der Waals surface area (Å²) >= 11 is 1.54. The fraction of sp³-hybridized carbons (Fsp3) is 0.562. The highest BCUT2D eigenvalue weighted by Crippen LogP contribution is 2.39. The molecule has 1 saturated carbocycles. The molecule has 3 N–H and O–H groups in total. The Morgan fingerprint density at radius 2 is 1.81 bits per heavy atom. The minimum absolute atomic E-state index is 0.0287. The van der Waals surface area contributed by atoms with Gasteiger partial charge in [-0.15, -0.1) is 16.7 Å². The van der Waals surface area contributed by atoms with Gasteiger partial charge in [-0.1, -0.05) is 43.5 Å². The molecule has 0 spiro atoms. The van der Waals surface area contributed by atoms with Crippen LogP contribution in [0.4, 0.5) is 0 Å². The van der Waals surface area contributed by atoms with Gasteiger partial charge in [0.05, 0.1) is 12.1 Å². The van der Waals surface area contributed by atoms with Crippen LogP contribution in [-0.4, -0.2) is 64.4 Å². The molecular formula is C32H44N4O5S. The molecule has 42 heavy (non-hydrogen) atoms. The zero-order valence-electron chi connectivity index (χ0n) is 25.0. The van der Waals surface area contributed by atoms with Crippen molar-refractivity contribution in [3.05, 3.63) is 64.6 Å². The third-order valence-electron chi connectivity index (χ3n) is 8.38. The van der Waals surface area contributed by atoms with Crippen LogP contribution in [0.25, 0.3) is 0 Å². The molecule has 2 amide bonds. The zero-order valence-corrected chi connectivity index (χ0v) is 25.9. The summed E-state index contributed by atoms with van der Waals surface area (Å²) in [5, 5.41) is 19.2. The van der Waals surface area contributed by atoms with Crippen LogP contribution in [0.3, 0.4) is 0 Å². The molecule has 1 heterocycles. The van der Waals surface area contributed by atoms with Gasteiger partial charge in [-0.25, -0.2) is 0 Å². The van der Waals surface area contributed by atoms with Crippen LogP contribution in [0.15, 0.2) is 58.8 Å². The Labute approximate surface area is 253 Å². The van der Waals surface area contributed by atoms with Gasteiger partial charge in [-0.05, 0) is 76.6 Å². The lowest BCUT2D eigenvalue weighted by Crippen LogP contribution is -2.60. The second kappa shape index (κ2) is 14.4. The van der Waals surface area contributed by atoms with E-state index in [1.165, 1.54) is 30.7 Å². The monoisotopic (exact) mass is 596 g/mol. The van der Waals surface area contributed by atoms with Crippen molar-refractivity contribution in [3.8, 4) is 5.75 Å². The summed E-state index contributed by atoms with van der Waals surface area (Å²) in [6.45, 7) is 8.59. The highest BCUT2D eigenvalue weighted by Gasteiger charge is 2.42. The standard InChI is InChI=1S/C32H44N4O5S/c1-21-25(15-10-16-28(21)37)30(38)33-26(20-42-24-13-6-5-7-14-24)29(41-35-40)19-36-18-23-12-9-8-11-22(23)17-27(36)31(39)34-32(2,3)4/h5-7,10,13-16,22-23,26-27,29,37H,8-9,11-12,17-20H2,1-4H3,(H,33,38)(H,34,39)/t22-,23+,26-,27-,29+/m0/s1. The molecule has 0 bridgehead atoms. The van der Waals surface area contributed by atoms with E-state index in [1.807, 2.05) is 51.1 Å². The van der Waals surface area contributed by atoms with Gasteiger partial charge in [-0.2, -0.15) is 0 Å². The Morgan fingerprint density at radius 3 is 2.50 bits per heavy atom. The molecule has 0 radical (unpaired) electrons. The topological polar surface area (TPSA) is 120 Å². The molecule has 4 rings (SSSR count). The van der Waals surface area contributed by atoms with Crippen molar-refractivity contribution in [2.45, 2.75) is 88.4 Å². The van der Waals surface area contributed by atoms with Gasteiger partial charge >= 0.3 is 0 Å². The van der Waals surface area contributed by atoms with Gasteiger partial charge in [0.25, 0.3) is 5.91 Å². The minimum Gasteiger partial charge on any atom is -0.508 e. The number of nitrogens with zero attached hydrogens (tertiary/aromatic N) is 2. The predicted molar refractivity (Wildman–Crippen MR) is 165 cm³/mol. The fourth-order valence-electron chi connectivity index (χ4n) is 6.21. The van der Waals surface area contributed by atoms with Crippen LogP contribution in [-0.2, 0) is 9.63 Å². The number of thioether (sulfide) groups is 1. The largest absolute Gasteiger partial charge is 0.508 e.